The number of Topliss-reactive ketones (excluding diaryl/α,β-unsaturated/α-hetero) is 1. The van der Waals surface area contributed by atoms with Crippen LogP contribution in [0.4, 0.5) is 5.69 Å². The summed E-state index contributed by atoms with van der Waals surface area (Å²) in [5, 5.41) is 2.91. The van der Waals surface area contributed by atoms with Gasteiger partial charge in [-0.25, -0.2) is 0 Å². The summed E-state index contributed by atoms with van der Waals surface area (Å²) in [6, 6.07) is 1.72. The van der Waals surface area contributed by atoms with Gasteiger partial charge in [0.1, 0.15) is 0 Å². The SMILES string of the molecule is C=Cc1cc(C(C)=O)c(NC)cn1.[HH]. The van der Waals surface area contributed by atoms with E-state index in [0.29, 0.717) is 11.3 Å². The molecule has 1 aromatic rings. The minimum atomic E-state index is 0. The van der Waals surface area contributed by atoms with Gasteiger partial charge in [0.15, 0.2) is 5.78 Å². The van der Waals surface area contributed by atoms with Crippen molar-refractivity contribution in [2.75, 3.05) is 12.4 Å². The molecule has 0 saturated heterocycles. The molecular formula is C10H14N2O. The molecule has 0 amide bonds. The number of nitrogens with one attached hydrogen (secondary N) is 1. The Balaban J connectivity index is 0.00000169. The number of carbonyl (C=O) groups excluding carboxylic acids is 1. The molecule has 0 aliphatic carbocycles. The van der Waals surface area contributed by atoms with Crippen LogP contribution >= 0.6 is 0 Å². The van der Waals surface area contributed by atoms with E-state index in [1.54, 1.807) is 25.4 Å². The number of hydrogen-bond acceptors (Lipinski definition) is 3. The van der Waals surface area contributed by atoms with Crippen molar-refractivity contribution in [2.24, 2.45) is 0 Å². The Morgan fingerprint density at radius 3 is 2.92 bits per heavy atom. The van der Waals surface area contributed by atoms with E-state index < -0.39 is 0 Å². The molecule has 70 valence electrons. The van der Waals surface area contributed by atoms with Gasteiger partial charge in [-0.2, -0.15) is 0 Å². The molecule has 3 heteroatoms. The summed E-state index contributed by atoms with van der Waals surface area (Å²) in [6.07, 6.45) is 3.25. The molecule has 0 bridgehead atoms. The molecule has 0 aromatic carbocycles. The summed E-state index contributed by atoms with van der Waals surface area (Å²) in [6.45, 7) is 5.12. The first-order valence-corrected chi connectivity index (χ1v) is 4.00. The number of hydrogen-bond donors (Lipinski definition) is 1. The molecule has 0 radical (unpaired) electrons. The lowest BCUT2D eigenvalue weighted by atomic mass is 10.1. The standard InChI is InChI=1S/C10H12N2O.H2/c1-4-8-5-9(7(2)13)10(11-3)6-12-8;/h4-6,11H,1H2,2-3H3;1H. The van der Waals surface area contributed by atoms with Crippen LogP contribution in [-0.2, 0) is 0 Å². The van der Waals surface area contributed by atoms with Gasteiger partial charge >= 0.3 is 0 Å². The molecule has 1 heterocycles. The molecule has 3 nitrogen and oxygen atoms in total. The van der Waals surface area contributed by atoms with E-state index in [2.05, 4.69) is 16.9 Å². The summed E-state index contributed by atoms with van der Waals surface area (Å²) in [5.74, 6) is 0.0230. The van der Waals surface area contributed by atoms with Crippen LogP contribution in [0.5, 0.6) is 0 Å². The molecule has 0 aliphatic heterocycles. The highest BCUT2D eigenvalue weighted by Crippen LogP contribution is 2.15. The third-order valence-corrected chi connectivity index (χ3v) is 1.78. The van der Waals surface area contributed by atoms with Gasteiger partial charge in [0, 0.05) is 14.0 Å². The van der Waals surface area contributed by atoms with Crippen molar-refractivity contribution in [1.29, 1.82) is 0 Å². The van der Waals surface area contributed by atoms with Crippen LogP contribution in [0, 0.1) is 0 Å². The Bertz CT molecular complexity index is 350. The Kier molecular flexibility index (Phi) is 2.80. The number of ketones is 1. The summed E-state index contributed by atoms with van der Waals surface area (Å²) < 4.78 is 0. The molecule has 0 aliphatic rings. The van der Waals surface area contributed by atoms with Gasteiger partial charge in [0.05, 0.1) is 17.6 Å². The van der Waals surface area contributed by atoms with Crippen molar-refractivity contribution in [1.82, 2.24) is 4.98 Å². The van der Waals surface area contributed by atoms with E-state index in [1.807, 2.05) is 0 Å². The minimum absolute atomic E-state index is 0. The molecule has 1 aromatic heterocycles. The lowest BCUT2D eigenvalue weighted by molar-refractivity contribution is 0.101. The van der Waals surface area contributed by atoms with E-state index in [0.717, 1.165) is 5.69 Å². The molecule has 1 rings (SSSR count). The maximum atomic E-state index is 11.2. The fourth-order valence-electron chi connectivity index (χ4n) is 1.07. The fraction of sp³-hybridized carbons (Fsp3) is 0.200. The van der Waals surface area contributed by atoms with E-state index in [9.17, 15) is 4.79 Å². The first kappa shape index (κ1) is 9.45. The highest BCUT2D eigenvalue weighted by atomic mass is 16.1. The zero-order valence-electron chi connectivity index (χ0n) is 7.79. The van der Waals surface area contributed by atoms with Crippen LogP contribution in [0.15, 0.2) is 18.8 Å². The predicted octanol–water partition coefficient (Wildman–Crippen LogP) is 2.21. The Morgan fingerprint density at radius 2 is 2.46 bits per heavy atom. The second-order valence-corrected chi connectivity index (χ2v) is 2.67. The molecule has 0 atom stereocenters. The van der Waals surface area contributed by atoms with Crippen molar-refractivity contribution in [2.45, 2.75) is 6.92 Å². The zero-order valence-corrected chi connectivity index (χ0v) is 7.79. The Hall–Kier alpha value is -1.64. The quantitative estimate of drug-likeness (QED) is 0.721. The van der Waals surface area contributed by atoms with Crippen molar-refractivity contribution >= 4 is 17.5 Å². The van der Waals surface area contributed by atoms with Gasteiger partial charge in [-0.1, -0.05) is 6.58 Å². The number of pyridine rings is 1. The number of nitrogens with zero attached hydrogens (tertiary/aromatic N) is 1. The van der Waals surface area contributed by atoms with Gasteiger partial charge in [-0.15, -0.1) is 0 Å². The maximum Gasteiger partial charge on any atom is 0.162 e. The van der Waals surface area contributed by atoms with Gasteiger partial charge in [-0.05, 0) is 19.1 Å². The van der Waals surface area contributed by atoms with Gasteiger partial charge < -0.3 is 5.32 Å². The van der Waals surface area contributed by atoms with Crippen molar-refractivity contribution < 1.29 is 6.22 Å². The van der Waals surface area contributed by atoms with E-state index >= 15 is 0 Å². The zero-order chi connectivity index (χ0) is 9.84. The van der Waals surface area contributed by atoms with Crippen LogP contribution in [0.3, 0.4) is 0 Å². The normalized spacial score (nSPS) is 9.38. The molecule has 0 fully saturated rings. The second-order valence-electron chi connectivity index (χ2n) is 2.67. The second kappa shape index (κ2) is 3.85. The first-order chi connectivity index (χ1) is 6.19. The maximum absolute atomic E-state index is 11.2. The van der Waals surface area contributed by atoms with Gasteiger partial charge in [0.25, 0.3) is 0 Å². The number of aromatic nitrogens is 1. The third-order valence-electron chi connectivity index (χ3n) is 1.78. The van der Waals surface area contributed by atoms with E-state index in [1.165, 1.54) is 6.92 Å². The molecular weight excluding hydrogens is 164 g/mol. The highest BCUT2D eigenvalue weighted by Gasteiger charge is 2.06. The van der Waals surface area contributed by atoms with Crippen LogP contribution < -0.4 is 5.32 Å². The topological polar surface area (TPSA) is 42.0 Å². The largest absolute Gasteiger partial charge is 0.386 e. The average molecular weight is 178 g/mol. The third kappa shape index (κ3) is 1.93. The number of carbonyl (C=O) groups is 1. The van der Waals surface area contributed by atoms with Crippen molar-refractivity contribution in [3.05, 3.63) is 30.1 Å². The minimum Gasteiger partial charge on any atom is -0.386 e. The fourth-order valence-corrected chi connectivity index (χ4v) is 1.07. The summed E-state index contributed by atoms with van der Waals surface area (Å²) in [7, 11) is 1.76. The van der Waals surface area contributed by atoms with Gasteiger partial charge in [-0.3, -0.25) is 9.78 Å². The smallest absolute Gasteiger partial charge is 0.162 e. The van der Waals surface area contributed by atoms with Crippen molar-refractivity contribution in [3.63, 3.8) is 0 Å². The Labute approximate surface area is 79.0 Å². The highest BCUT2D eigenvalue weighted by molar-refractivity contribution is 5.99. The summed E-state index contributed by atoms with van der Waals surface area (Å²) >= 11 is 0. The van der Waals surface area contributed by atoms with Crippen LogP contribution in [0.2, 0.25) is 0 Å². The summed E-state index contributed by atoms with van der Waals surface area (Å²) in [5.41, 5.74) is 2.11. The Morgan fingerprint density at radius 1 is 1.77 bits per heavy atom. The molecule has 0 spiro atoms. The lowest BCUT2D eigenvalue weighted by Gasteiger charge is -2.05. The van der Waals surface area contributed by atoms with E-state index in [-0.39, 0.29) is 7.21 Å². The molecule has 13 heavy (non-hydrogen) atoms. The molecule has 1 N–H and O–H groups in total. The van der Waals surface area contributed by atoms with E-state index in [4.69, 9.17) is 0 Å². The monoisotopic (exact) mass is 178 g/mol. The summed E-state index contributed by atoms with van der Waals surface area (Å²) in [4.78, 5) is 15.3. The molecule has 0 saturated carbocycles. The predicted molar refractivity (Wildman–Crippen MR) is 56.0 cm³/mol. The first-order valence-electron chi connectivity index (χ1n) is 4.00. The van der Waals surface area contributed by atoms with Crippen LogP contribution in [-0.4, -0.2) is 17.8 Å². The van der Waals surface area contributed by atoms with Gasteiger partial charge in [0.2, 0.25) is 0 Å². The van der Waals surface area contributed by atoms with Crippen molar-refractivity contribution in [3.8, 4) is 0 Å². The average Bonchev–Trinajstić information content (AvgIpc) is 2.16. The number of rotatable bonds is 3. The number of anilines is 1. The molecule has 0 unspecified atom stereocenters. The van der Waals surface area contributed by atoms with Crippen LogP contribution in [0.25, 0.3) is 6.08 Å². The lowest BCUT2D eigenvalue weighted by Crippen LogP contribution is -2.01. The van der Waals surface area contributed by atoms with Crippen LogP contribution in [0.1, 0.15) is 24.4 Å².